The van der Waals surface area contributed by atoms with Gasteiger partial charge in [-0.15, -0.1) is 11.3 Å². The molecule has 1 saturated carbocycles. The Balaban J connectivity index is 2.35. The van der Waals surface area contributed by atoms with Gasteiger partial charge < -0.3 is 10.5 Å². The molecule has 1 aliphatic carbocycles. The van der Waals surface area contributed by atoms with Gasteiger partial charge in [-0.2, -0.15) is 0 Å². The average Bonchev–Trinajstić information content (AvgIpc) is 2.95. The van der Waals surface area contributed by atoms with E-state index in [1.807, 2.05) is 0 Å². The van der Waals surface area contributed by atoms with Crippen LogP contribution in [0.2, 0.25) is 0 Å². The van der Waals surface area contributed by atoms with E-state index in [4.69, 9.17) is 10.5 Å². The fourth-order valence-corrected chi connectivity index (χ4v) is 4.22. The van der Waals surface area contributed by atoms with Crippen molar-refractivity contribution < 1.29 is 9.53 Å². The van der Waals surface area contributed by atoms with Gasteiger partial charge in [0, 0.05) is 5.41 Å². The maximum atomic E-state index is 11.6. The van der Waals surface area contributed by atoms with Gasteiger partial charge in [0.25, 0.3) is 0 Å². The van der Waals surface area contributed by atoms with E-state index in [2.05, 4.69) is 18.8 Å². The lowest BCUT2D eigenvalue weighted by atomic mass is 9.79. The molecule has 0 atom stereocenters. The summed E-state index contributed by atoms with van der Waals surface area (Å²) in [7, 11) is 1.36. The lowest BCUT2D eigenvalue weighted by Gasteiger charge is -2.28. The fraction of sp³-hybridized carbons (Fsp3) is 0.714. The van der Waals surface area contributed by atoms with Gasteiger partial charge in [-0.05, 0) is 25.2 Å². The number of nitrogens with zero attached hydrogens (tertiary/aromatic N) is 1. The molecule has 19 heavy (non-hydrogen) atoms. The van der Waals surface area contributed by atoms with Crippen LogP contribution in [0.3, 0.4) is 0 Å². The summed E-state index contributed by atoms with van der Waals surface area (Å²) in [5.74, 6) is 0.183. The van der Waals surface area contributed by atoms with Crippen LogP contribution in [-0.4, -0.2) is 18.1 Å². The molecule has 106 valence electrons. The number of ether oxygens (including phenoxy) is 1. The van der Waals surface area contributed by atoms with Gasteiger partial charge in [-0.1, -0.05) is 26.7 Å². The molecule has 1 aliphatic rings. The highest BCUT2D eigenvalue weighted by molar-refractivity contribution is 7.16. The molecule has 4 nitrogen and oxygen atoms in total. The molecule has 2 rings (SSSR count). The van der Waals surface area contributed by atoms with Crippen molar-refractivity contribution in [1.29, 1.82) is 0 Å². The number of carbonyl (C=O) groups is 1. The van der Waals surface area contributed by atoms with Crippen LogP contribution in [0.4, 0.5) is 5.00 Å². The molecule has 0 unspecified atom stereocenters. The van der Waals surface area contributed by atoms with Gasteiger partial charge in [-0.3, -0.25) is 0 Å². The van der Waals surface area contributed by atoms with Gasteiger partial charge in [0.2, 0.25) is 0 Å². The van der Waals surface area contributed by atoms with Crippen LogP contribution in [0.15, 0.2) is 0 Å². The molecule has 1 aromatic rings. The molecule has 0 bridgehead atoms. The molecule has 0 saturated heterocycles. The summed E-state index contributed by atoms with van der Waals surface area (Å²) in [5, 5.41) is 1.51. The van der Waals surface area contributed by atoms with Crippen LogP contribution in [0.25, 0.3) is 0 Å². The van der Waals surface area contributed by atoms with Gasteiger partial charge in [0.1, 0.15) is 10.0 Å². The minimum Gasteiger partial charge on any atom is -0.464 e. The van der Waals surface area contributed by atoms with Crippen LogP contribution in [0, 0.1) is 5.92 Å². The number of carbonyl (C=O) groups excluding carboxylic acids is 1. The zero-order chi connectivity index (χ0) is 14.0. The first-order valence-corrected chi connectivity index (χ1v) is 7.65. The van der Waals surface area contributed by atoms with Gasteiger partial charge in [-0.25, -0.2) is 9.78 Å². The Morgan fingerprint density at radius 1 is 1.47 bits per heavy atom. The first-order valence-electron chi connectivity index (χ1n) is 6.83. The molecule has 0 aromatic carbocycles. The summed E-state index contributed by atoms with van der Waals surface area (Å²) in [6.45, 7) is 4.47. The SMILES string of the molecule is COC(=O)c1nc(C2(CC(C)C)CCCC2)sc1N. The van der Waals surface area contributed by atoms with E-state index >= 15 is 0 Å². The second-order valence-electron chi connectivity index (χ2n) is 5.81. The second kappa shape index (κ2) is 5.49. The standard InChI is InChI=1S/C14H22N2O2S/c1-9(2)8-14(6-4-5-7-14)13-16-10(11(15)19-13)12(17)18-3/h9H,4-8,15H2,1-3H3. The Labute approximate surface area is 118 Å². The Morgan fingerprint density at radius 3 is 2.63 bits per heavy atom. The number of hydrogen-bond donors (Lipinski definition) is 1. The highest BCUT2D eigenvalue weighted by atomic mass is 32.1. The molecule has 2 N–H and O–H groups in total. The smallest absolute Gasteiger partial charge is 0.359 e. The fourth-order valence-electron chi connectivity index (χ4n) is 3.14. The maximum absolute atomic E-state index is 11.6. The Morgan fingerprint density at radius 2 is 2.11 bits per heavy atom. The lowest BCUT2D eigenvalue weighted by molar-refractivity contribution is 0.0595. The third-order valence-corrected chi connectivity index (χ3v) is 4.98. The van der Waals surface area contributed by atoms with Crippen molar-refractivity contribution >= 4 is 22.3 Å². The number of thiazole rings is 1. The van der Waals surface area contributed by atoms with Crippen molar-refractivity contribution in [3.05, 3.63) is 10.7 Å². The van der Waals surface area contributed by atoms with Crippen molar-refractivity contribution in [2.45, 2.75) is 51.4 Å². The molecule has 0 amide bonds. The van der Waals surface area contributed by atoms with E-state index in [0.717, 1.165) is 24.3 Å². The molecular weight excluding hydrogens is 260 g/mol. The molecule has 0 aliphatic heterocycles. The van der Waals surface area contributed by atoms with E-state index in [9.17, 15) is 4.79 Å². The zero-order valence-electron chi connectivity index (χ0n) is 11.9. The maximum Gasteiger partial charge on any atom is 0.359 e. The van der Waals surface area contributed by atoms with Crippen LogP contribution >= 0.6 is 11.3 Å². The number of nitrogen functional groups attached to an aromatic ring is 1. The predicted octanol–water partition coefficient (Wildman–Crippen LogP) is 3.37. The van der Waals surface area contributed by atoms with E-state index in [-0.39, 0.29) is 11.1 Å². The molecule has 1 fully saturated rings. The number of esters is 1. The summed E-state index contributed by atoms with van der Waals surface area (Å²) in [4.78, 5) is 16.1. The van der Waals surface area contributed by atoms with Crippen molar-refractivity contribution in [3.8, 4) is 0 Å². The summed E-state index contributed by atoms with van der Waals surface area (Å²) >= 11 is 1.46. The molecule has 0 spiro atoms. The number of nitrogens with two attached hydrogens (primary N) is 1. The molecule has 1 aromatic heterocycles. The average molecular weight is 282 g/mol. The minimum atomic E-state index is -0.433. The monoisotopic (exact) mass is 282 g/mol. The van der Waals surface area contributed by atoms with E-state index in [1.165, 1.54) is 31.3 Å². The van der Waals surface area contributed by atoms with Gasteiger partial charge >= 0.3 is 5.97 Å². The van der Waals surface area contributed by atoms with Crippen molar-refractivity contribution in [2.24, 2.45) is 5.92 Å². The van der Waals surface area contributed by atoms with Gasteiger partial charge in [0.05, 0.1) is 7.11 Å². The highest BCUT2D eigenvalue weighted by Crippen LogP contribution is 2.47. The van der Waals surface area contributed by atoms with E-state index in [1.54, 1.807) is 0 Å². The second-order valence-corrected chi connectivity index (χ2v) is 6.84. The van der Waals surface area contributed by atoms with E-state index < -0.39 is 5.97 Å². The largest absolute Gasteiger partial charge is 0.464 e. The summed E-state index contributed by atoms with van der Waals surface area (Å²) in [5.41, 5.74) is 6.34. The summed E-state index contributed by atoms with van der Waals surface area (Å²) in [6.07, 6.45) is 5.89. The van der Waals surface area contributed by atoms with Crippen LogP contribution < -0.4 is 5.73 Å². The lowest BCUT2D eigenvalue weighted by Crippen LogP contribution is -2.24. The minimum absolute atomic E-state index is 0.124. The molecule has 0 radical (unpaired) electrons. The Hall–Kier alpha value is -1.10. The quantitative estimate of drug-likeness (QED) is 0.860. The Bertz CT molecular complexity index is 462. The summed E-state index contributed by atoms with van der Waals surface area (Å²) < 4.78 is 4.73. The van der Waals surface area contributed by atoms with Crippen molar-refractivity contribution in [1.82, 2.24) is 4.98 Å². The van der Waals surface area contributed by atoms with Crippen molar-refractivity contribution in [2.75, 3.05) is 12.8 Å². The van der Waals surface area contributed by atoms with E-state index in [0.29, 0.717) is 10.9 Å². The van der Waals surface area contributed by atoms with Crippen molar-refractivity contribution in [3.63, 3.8) is 0 Å². The number of hydrogen-bond acceptors (Lipinski definition) is 5. The molecule has 5 heteroatoms. The highest BCUT2D eigenvalue weighted by Gasteiger charge is 2.39. The third-order valence-electron chi connectivity index (χ3n) is 3.85. The molecule has 1 heterocycles. The number of methoxy groups -OCH3 is 1. The van der Waals surface area contributed by atoms with Crippen LogP contribution in [0.1, 0.15) is 61.4 Å². The topological polar surface area (TPSA) is 65.2 Å². The number of anilines is 1. The predicted molar refractivity (Wildman–Crippen MR) is 77.5 cm³/mol. The van der Waals surface area contributed by atoms with Gasteiger partial charge in [0.15, 0.2) is 5.69 Å². The normalized spacial score (nSPS) is 17.9. The molecular formula is C14H22N2O2S. The zero-order valence-corrected chi connectivity index (χ0v) is 12.7. The third kappa shape index (κ3) is 2.76. The van der Waals surface area contributed by atoms with Crippen LogP contribution in [-0.2, 0) is 10.2 Å². The van der Waals surface area contributed by atoms with Crippen LogP contribution in [0.5, 0.6) is 0 Å². The first kappa shape index (κ1) is 14.3. The number of rotatable bonds is 4. The summed E-state index contributed by atoms with van der Waals surface area (Å²) in [6, 6.07) is 0. The first-order chi connectivity index (χ1) is 8.98. The number of aromatic nitrogens is 1. The Kier molecular flexibility index (Phi) is 4.13.